The third kappa shape index (κ3) is 4.97. The first-order valence-electron chi connectivity index (χ1n) is 10.3. The minimum Gasteiger partial charge on any atom is -0.441 e. The summed E-state index contributed by atoms with van der Waals surface area (Å²) in [5.74, 6) is 1.14. The zero-order chi connectivity index (χ0) is 22.0. The number of benzene rings is 1. The van der Waals surface area contributed by atoms with Crippen LogP contribution in [0.5, 0.6) is 0 Å². The van der Waals surface area contributed by atoms with Crippen molar-refractivity contribution in [3.05, 3.63) is 71.4 Å². The Morgan fingerprint density at radius 1 is 1.13 bits per heavy atom. The molecule has 0 aliphatic carbocycles. The van der Waals surface area contributed by atoms with E-state index in [-0.39, 0.29) is 5.92 Å². The van der Waals surface area contributed by atoms with E-state index >= 15 is 0 Å². The number of aromatic nitrogens is 2. The number of oxazole rings is 1. The average molecular weight is 431 g/mol. The summed E-state index contributed by atoms with van der Waals surface area (Å²) in [4.78, 5) is 11.0. The van der Waals surface area contributed by atoms with Gasteiger partial charge >= 0.3 is 6.18 Å². The number of aliphatic hydroxyl groups excluding tert-OH is 1. The zero-order valence-electron chi connectivity index (χ0n) is 17.1. The Bertz CT molecular complexity index is 995. The summed E-state index contributed by atoms with van der Waals surface area (Å²) in [6.07, 6.45) is -1.55. The van der Waals surface area contributed by atoms with Crippen molar-refractivity contribution in [1.29, 1.82) is 0 Å². The fraction of sp³-hybridized carbons (Fsp3) is 0.391. The quantitative estimate of drug-likeness (QED) is 0.615. The number of likely N-dealkylation sites (tertiary alicyclic amines) is 1. The molecular formula is C23H24F3N3O2. The molecule has 1 atom stereocenters. The van der Waals surface area contributed by atoms with Crippen molar-refractivity contribution in [3.63, 3.8) is 0 Å². The monoisotopic (exact) mass is 431 g/mol. The number of hydrogen-bond donors (Lipinski definition) is 1. The Hall–Kier alpha value is -2.71. The van der Waals surface area contributed by atoms with Crippen LogP contribution in [0.15, 0.2) is 53.1 Å². The highest BCUT2D eigenvalue weighted by Crippen LogP contribution is 2.32. The molecule has 0 unspecified atom stereocenters. The number of rotatable bonds is 5. The molecule has 1 aliphatic heterocycles. The van der Waals surface area contributed by atoms with Crippen LogP contribution in [-0.4, -0.2) is 33.1 Å². The van der Waals surface area contributed by atoms with Crippen molar-refractivity contribution >= 4 is 0 Å². The van der Waals surface area contributed by atoms with Gasteiger partial charge in [-0.25, -0.2) is 4.98 Å². The van der Waals surface area contributed by atoms with E-state index in [0.29, 0.717) is 29.5 Å². The second kappa shape index (κ2) is 8.80. The highest BCUT2D eigenvalue weighted by atomic mass is 19.4. The molecule has 1 saturated heterocycles. The van der Waals surface area contributed by atoms with Crippen LogP contribution in [0, 0.1) is 12.8 Å². The van der Waals surface area contributed by atoms with Gasteiger partial charge in [0, 0.05) is 18.3 Å². The van der Waals surface area contributed by atoms with Crippen LogP contribution in [0.1, 0.15) is 41.7 Å². The van der Waals surface area contributed by atoms with Crippen molar-refractivity contribution in [1.82, 2.24) is 14.9 Å². The van der Waals surface area contributed by atoms with Gasteiger partial charge in [-0.15, -0.1) is 0 Å². The highest BCUT2D eigenvalue weighted by Gasteiger charge is 2.30. The van der Waals surface area contributed by atoms with Crippen LogP contribution in [0.3, 0.4) is 0 Å². The number of piperidine rings is 1. The maximum absolute atomic E-state index is 12.8. The topological polar surface area (TPSA) is 62.4 Å². The van der Waals surface area contributed by atoms with E-state index in [1.807, 2.05) is 25.1 Å². The summed E-state index contributed by atoms with van der Waals surface area (Å²) in [5.41, 5.74) is 1.29. The molecule has 4 rings (SSSR count). The number of alkyl halides is 3. The van der Waals surface area contributed by atoms with Gasteiger partial charge < -0.3 is 9.52 Å². The van der Waals surface area contributed by atoms with Gasteiger partial charge in [-0.2, -0.15) is 13.2 Å². The van der Waals surface area contributed by atoms with Crippen LogP contribution >= 0.6 is 0 Å². The Kier molecular flexibility index (Phi) is 6.11. The molecule has 1 N–H and O–H groups in total. The van der Waals surface area contributed by atoms with E-state index in [9.17, 15) is 18.3 Å². The summed E-state index contributed by atoms with van der Waals surface area (Å²) in [7, 11) is 0. The molecule has 3 aromatic rings. The first-order chi connectivity index (χ1) is 14.8. The predicted octanol–water partition coefficient (Wildman–Crippen LogP) is 5.01. The van der Waals surface area contributed by atoms with Crippen molar-refractivity contribution < 1.29 is 22.7 Å². The number of aliphatic hydroxyl groups is 1. The normalized spacial score (nSPS) is 17.1. The molecule has 0 bridgehead atoms. The fourth-order valence-electron chi connectivity index (χ4n) is 3.93. The van der Waals surface area contributed by atoms with Crippen molar-refractivity contribution in [3.8, 4) is 11.5 Å². The molecule has 1 fully saturated rings. The van der Waals surface area contributed by atoms with Gasteiger partial charge in [0.05, 0.1) is 23.1 Å². The standard InChI is InChI=1S/C23H24F3N3O2/c1-15-20(28-22(31-15)17-5-7-18(8-6-17)23(24,25)26)14-29-12-9-16(10-13-29)21(30)19-4-2-3-11-27-19/h2-8,11,16,21,30H,9-10,12-14H2,1H3/t21-/m1/s1. The van der Waals surface area contributed by atoms with Gasteiger partial charge in [0.25, 0.3) is 0 Å². The SMILES string of the molecule is Cc1oc(-c2ccc(C(F)(F)F)cc2)nc1CN1CCC([C@@H](O)c2ccccn2)CC1. The lowest BCUT2D eigenvalue weighted by Crippen LogP contribution is -2.35. The number of aryl methyl sites for hydroxylation is 1. The third-order valence-electron chi connectivity index (χ3n) is 5.79. The van der Waals surface area contributed by atoms with Crippen LogP contribution in [0.4, 0.5) is 13.2 Å². The van der Waals surface area contributed by atoms with E-state index in [4.69, 9.17) is 4.42 Å². The van der Waals surface area contributed by atoms with Gasteiger partial charge in [-0.1, -0.05) is 6.07 Å². The third-order valence-corrected chi connectivity index (χ3v) is 5.79. The smallest absolute Gasteiger partial charge is 0.416 e. The molecule has 164 valence electrons. The van der Waals surface area contributed by atoms with Crippen LogP contribution in [0.25, 0.3) is 11.5 Å². The summed E-state index contributed by atoms with van der Waals surface area (Å²) in [5, 5.41) is 10.6. The summed E-state index contributed by atoms with van der Waals surface area (Å²) >= 11 is 0. The zero-order valence-corrected chi connectivity index (χ0v) is 17.1. The van der Waals surface area contributed by atoms with Gasteiger partial charge in [-0.05, 0) is 75.2 Å². The second-order valence-corrected chi connectivity index (χ2v) is 7.91. The molecule has 1 aromatic carbocycles. The second-order valence-electron chi connectivity index (χ2n) is 7.91. The lowest BCUT2D eigenvalue weighted by Gasteiger charge is -2.33. The molecule has 2 aromatic heterocycles. The Morgan fingerprint density at radius 2 is 1.84 bits per heavy atom. The Morgan fingerprint density at radius 3 is 2.45 bits per heavy atom. The number of nitrogens with zero attached hydrogens (tertiary/aromatic N) is 3. The molecule has 0 radical (unpaired) electrons. The minimum atomic E-state index is -4.37. The van der Waals surface area contributed by atoms with Crippen LogP contribution in [-0.2, 0) is 12.7 Å². The molecule has 3 heterocycles. The molecular weight excluding hydrogens is 407 g/mol. The largest absolute Gasteiger partial charge is 0.441 e. The van der Waals surface area contributed by atoms with Gasteiger partial charge in [0.2, 0.25) is 5.89 Å². The lowest BCUT2D eigenvalue weighted by atomic mass is 9.89. The molecule has 1 aliphatic rings. The van der Waals surface area contributed by atoms with Gasteiger partial charge in [0.15, 0.2) is 0 Å². The van der Waals surface area contributed by atoms with Crippen LogP contribution < -0.4 is 0 Å². The van der Waals surface area contributed by atoms with E-state index in [2.05, 4.69) is 14.9 Å². The lowest BCUT2D eigenvalue weighted by molar-refractivity contribution is -0.137. The summed E-state index contributed by atoms with van der Waals surface area (Å²) < 4.78 is 44.0. The average Bonchev–Trinajstić information content (AvgIpc) is 3.14. The first kappa shape index (κ1) is 21.5. The molecule has 0 spiro atoms. The van der Waals surface area contributed by atoms with E-state index in [1.54, 1.807) is 6.20 Å². The van der Waals surface area contributed by atoms with Crippen molar-refractivity contribution in [2.45, 2.75) is 38.6 Å². The number of pyridine rings is 1. The minimum absolute atomic E-state index is 0.160. The maximum atomic E-state index is 12.8. The maximum Gasteiger partial charge on any atom is 0.416 e. The van der Waals surface area contributed by atoms with Crippen molar-refractivity contribution in [2.24, 2.45) is 5.92 Å². The summed E-state index contributed by atoms with van der Waals surface area (Å²) in [6.45, 7) is 4.04. The highest BCUT2D eigenvalue weighted by molar-refractivity contribution is 5.54. The van der Waals surface area contributed by atoms with Crippen LogP contribution in [0.2, 0.25) is 0 Å². The molecule has 5 nitrogen and oxygen atoms in total. The number of hydrogen-bond acceptors (Lipinski definition) is 5. The fourth-order valence-corrected chi connectivity index (χ4v) is 3.93. The Balaban J connectivity index is 1.37. The van der Waals surface area contributed by atoms with E-state index in [1.165, 1.54) is 12.1 Å². The summed E-state index contributed by atoms with van der Waals surface area (Å²) in [6, 6.07) is 10.4. The molecule has 31 heavy (non-hydrogen) atoms. The predicted molar refractivity (Wildman–Crippen MR) is 109 cm³/mol. The number of halogens is 3. The molecule has 8 heteroatoms. The first-order valence-corrected chi connectivity index (χ1v) is 10.3. The molecule has 0 saturated carbocycles. The molecule has 0 amide bonds. The van der Waals surface area contributed by atoms with E-state index in [0.717, 1.165) is 43.8 Å². The van der Waals surface area contributed by atoms with Gasteiger partial charge in [0.1, 0.15) is 5.76 Å². The van der Waals surface area contributed by atoms with Crippen molar-refractivity contribution in [2.75, 3.05) is 13.1 Å². The van der Waals surface area contributed by atoms with E-state index < -0.39 is 17.8 Å². The Labute approximate surface area is 178 Å². The van der Waals surface area contributed by atoms with Gasteiger partial charge in [-0.3, -0.25) is 9.88 Å².